The average molecular weight is 281 g/mol. The maximum absolute atomic E-state index is 12.6. The van der Waals surface area contributed by atoms with Crippen LogP contribution < -0.4 is 16.0 Å². The van der Waals surface area contributed by atoms with Crippen molar-refractivity contribution >= 4 is 23.1 Å². The fraction of sp³-hybridized carbons (Fsp3) is 0.235. The number of amides is 2. The van der Waals surface area contributed by atoms with Gasteiger partial charge in [-0.05, 0) is 55.7 Å². The molecule has 0 aromatic heterocycles. The summed E-state index contributed by atoms with van der Waals surface area (Å²) in [5.74, 6) is 0. The standard InChI is InChI=1S/C17H19N3O/c1-12-6-7-13-4-2-3-5-16(13)20(12)17(21)19-15-10-8-14(18)9-11-15/h2-5,8-12H,6-7,18H2,1H3,(H,19,21). The number of carbonyl (C=O) groups is 1. The number of benzene rings is 2. The van der Waals surface area contributed by atoms with E-state index in [0.717, 1.165) is 24.2 Å². The third-order valence-electron chi connectivity index (χ3n) is 3.90. The van der Waals surface area contributed by atoms with Gasteiger partial charge in [0.2, 0.25) is 0 Å². The van der Waals surface area contributed by atoms with Crippen LogP contribution in [0.3, 0.4) is 0 Å². The van der Waals surface area contributed by atoms with Crippen molar-refractivity contribution in [1.29, 1.82) is 0 Å². The summed E-state index contributed by atoms with van der Waals surface area (Å²) in [6.45, 7) is 2.08. The lowest BCUT2D eigenvalue weighted by Gasteiger charge is -2.35. The molecule has 2 aromatic carbocycles. The molecule has 1 heterocycles. The fourth-order valence-corrected chi connectivity index (χ4v) is 2.75. The molecule has 0 saturated heterocycles. The Balaban J connectivity index is 1.85. The van der Waals surface area contributed by atoms with Crippen molar-refractivity contribution < 1.29 is 4.79 Å². The maximum Gasteiger partial charge on any atom is 0.326 e. The summed E-state index contributed by atoms with van der Waals surface area (Å²) in [6.07, 6.45) is 2.00. The molecule has 0 spiro atoms. The van der Waals surface area contributed by atoms with Crippen LogP contribution in [0.1, 0.15) is 18.9 Å². The Morgan fingerprint density at radius 1 is 1.19 bits per heavy atom. The Morgan fingerprint density at radius 3 is 2.67 bits per heavy atom. The molecule has 0 fully saturated rings. The Morgan fingerprint density at radius 2 is 1.90 bits per heavy atom. The normalized spacial score (nSPS) is 17.2. The number of fused-ring (bicyclic) bond motifs is 1. The van der Waals surface area contributed by atoms with Gasteiger partial charge >= 0.3 is 6.03 Å². The number of urea groups is 1. The minimum Gasteiger partial charge on any atom is -0.399 e. The first kappa shape index (κ1) is 13.5. The number of hydrogen-bond donors (Lipinski definition) is 2. The SMILES string of the molecule is CC1CCc2ccccc2N1C(=O)Nc1ccc(N)cc1. The van der Waals surface area contributed by atoms with E-state index in [1.807, 2.05) is 35.2 Å². The van der Waals surface area contributed by atoms with Gasteiger partial charge in [-0.15, -0.1) is 0 Å². The third kappa shape index (κ3) is 2.70. The number of anilines is 3. The second-order valence-electron chi connectivity index (χ2n) is 5.44. The highest BCUT2D eigenvalue weighted by Crippen LogP contribution is 2.31. The zero-order valence-corrected chi connectivity index (χ0v) is 12.0. The highest BCUT2D eigenvalue weighted by Gasteiger charge is 2.27. The summed E-state index contributed by atoms with van der Waals surface area (Å²) in [7, 11) is 0. The maximum atomic E-state index is 12.6. The number of nitrogens with two attached hydrogens (primary N) is 1. The van der Waals surface area contributed by atoms with Gasteiger partial charge in [-0.3, -0.25) is 4.90 Å². The molecule has 0 radical (unpaired) electrons. The highest BCUT2D eigenvalue weighted by atomic mass is 16.2. The lowest BCUT2D eigenvalue weighted by atomic mass is 9.97. The van der Waals surface area contributed by atoms with Crippen molar-refractivity contribution in [3.05, 3.63) is 54.1 Å². The summed E-state index contributed by atoms with van der Waals surface area (Å²) in [5, 5.41) is 2.94. The quantitative estimate of drug-likeness (QED) is 0.784. The fourth-order valence-electron chi connectivity index (χ4n) is 2.75. The van der Waals surface area contributed by atoms with E-state index in [1.54, 1.807) is 12.1 Å². The van der Waals surface area contributed by atoms with Crippen molar-refractivity contribution in [3.8, 4) is 0 Å². The zero-order chi connectivity index (χ0) is 14.8. The van der Waals surface area contributed by atoms with E-state index in [9.17, 15) is 4.79 Å². The van der Waals surface area contributed by atoms with E-state index < -0.39 is 0 Å². The molecule has 108 valence electrons. The number of nitrogens with one attached hydrogen (secondary N) is 1. The number of nitrogen functional groups attached to an aromatic ring is 1. The lowest BCUT2D eigenvalue weighted by Crippen LogP contribution is -2.44. The van der Waals surface area contributed by atoms with Crippen molar-refractivity contribution in [2.24, 2.45) is 0 Å². The summed E-state index contributed by atoms with van der Waals surface area (Å²) in [5.41, 5.74) is 9.33. The van der Waals surface area contributed by atoms with Crippen molar-refractivity contribution in [1.82, 2.24) is 0 Å². The van der Waals surface area contributed by atoms with E-state index in [1.165, 1.54) is 5.56 Å². The van der Waals surface area contributed by atoms with E-state index >= 15 is 0 Å². The molecule has 0 aliphatic carbocycles. The van der Waals surface area contributed by atoms with Gasteiger partial charge in [-0.2, -0.15) is 0 Å². The molecule has 0 saturated carbocycles. The third-order valence-corrected chi connectivity index (χ3v) is 3.90. The summed E-state index contributed by atoms with van der Waals surface area (Å²) >= 11 is 0. The topological polar surface area (TPSA) is 58.4 Å². The first-order chi connectivity index (χ1) is 10.1. The van der Waals surface area contributed by atoms with Crippen LogP contribution >= 0.6 is 0 Å². The van der Waals surface area contributed by atoms with Crippen molar-refractivity contribution in [2.75, 3.05) is 16.0 Å². The smallest absolute Gasteiger partial charge is 0.326 e. The number of para-hydroxylation sites is 1. The van der Waals surface area contributed by atoms with Crippen LogP contribution in [-0.2, 0) is 6.42 Å². The largest absolute Gasteiger partial charge is 0.399 e. The number of nitrogens with zero attached hydrogens (tertiary/aromatic N) is 1. The highest BCUT2D eigenvalue weighted by molar-refractivity contribution is 6.03. The number of aryl methyl sites for hydroxylation is 1. The van der Waals surface area contributed by atoms with Crippen LogP contribution in [0.4, 0.5) is 21.9 Å². The molecular weight excluding hydrogens is 262 g/mol. The number of hydrogen-bond acceptors (Lipinski definition) is 2. The monoisotopic (exact) mass is 281 g/mol. The molecule has 3 rings (SSSR count). The predicted molar refractivity (Wildman–Crippen MR) is 86.6 cm³/mol. The minimum absolute atomic E-state index is 0.0978. The predicted octanol–water partition coefficient (Wildman–Crippen LogP) is 3.64. The van der Waals surface area contributed by atoms with Gasteiger partial charge in [0.15, 0.2) is 0 Å². The Hall–Kier alpha value is -2.49. The second-order valence-corrected chi connectivity index (χ2v) is 5.44. The minimum atomic E-state index is -0.0978. The Kier molecular flexibility index (Phi) is 3.52. The van der Waals surface area contributed by atoms with Crippen LogP contribution in [0.2, 0.25) is 0 Å². The van der Waals surface area contributed by atoms with E-state index in [-0.39, 0.29) is 12.1 Å². The van der Waals surface area contributed by atoms with Crippen LogP contribution in [-0.4, -0.2) is 12.1 Å². The molecule has 1 aliphatic heterocycles. The lowest BCUT2D eigenvalue weighted by molar-refractivity contribution is 0.254. The van der Waals surface area contributed by atoms with Gasteiger partial charge in [0, 0.05) is 23.1 Å². The molecule has 1 aliphatic rings. The molecule has 21 heavy (non-hydrogen) atoms. The van der Waals surface area contributed by atoms with Gasteiger partial charge in [-0.1, -0.05) is 18.2 Å². The molecule has 3 N–H and O–H groups in total. The van der Waals surface area contributed by atoms with Gasteiger partial charge < -0.3 is 11.1 Å². The first-order valence-corrected chi connectivity index (χ1v) is 7.19. The van der Waals surface area contributed by atoms with Gasteiger partial charge in [-0.25, -0.2) is 4.79 Å². The molecule has 1 atom stereocenters. The van der Waals surface area contributed by atoms with Gasteiger partial charge in [0.1, 0.15) is 0 Å². The molecule has 4 nitrogen and oxygen atoms in total. The number of carbonyl (C=O) groups excluding carboxylic acids is 1. The van der Waals surface area contributed by atoms with Crippen LogP contribution in [0.15, 0.2) is 48.5 Å². The summed E-state index contributed by atoms with van der Waals surface area (Å²) < 4.78 is 0. The molecule has 0 bridgehead atoms. The summed E-state index contributed by atoms with van der Waals surface area (Å²) in [6, 6.07) is 15.4. The molecule has 2 aromatic rings. The van der Waals surface area contributed by atoms with Gasteiger partial charge in [0.05, 0.1) is 0 Å². The van der Waals surface area contributed by atoms with Crippen LogP contribution in [0.25, 0.3) is 0 Å². The Bertz CT molecular complexity index is 651. The van der Waals surface area contributed by atoms with Crippen molar-refractivity contribution in [3.63, 3.8) is 0 Å². The first-order valence-electron chi connectivity index (χ1n) is 7.19. The molecule has 2 amide bonds. The average Bonchev–Trinajstić information content (AvgIpc) is 2.49. The van der Waals surface area contributed by atoms with Crippen LogP contribution in [0, 0.1) is 0 Å². The summed E-state index contributed by atoms with van der Waals surface area (Å²) in [4.78, 5) is 14.5. The number of rotatable bonds is 1. The molecule has 1 unspecified atom stereocenters. The molecule has 4 heteroatoms. The van der Waals surface area contributed by atoms with E-state index in [0.29, 0.717) is 5.69 Å². The van der Waals surface area contributed by atoms with E-state index in [2.05, 4.69) is 18.3 Å². The van der Waals surface area contributed by atoms with Gasteiger partial charge in [0.25, 0.3) is 0 Å². The van der Waals surface area contributed by atoms with Crippen molar-refractivity contribution in [2.45, 2.75) is 25.8 Å². The van der Waals surface area contributed by atoms with E-state index in [4.69, 9.17) is 5.73 Å². The Labute approximate surface area is 124 Å². The zero-order valence-electron chi connectivity index (χ0n) is 12.0. The molecular formula is C17H19N3O. The second kappa shape index (κ2) is 5.48. The van der Waals surface area contributed by atoms with Crippen LogP contribution in [0.5, 0.6) is 0 Å².